The van der Waals surface area contributed by atoms with Gasteiger partial charge in [-0.05, 0) is 43.0 Å². The monoisotopic (exact) mass is 421 g/mol. The van der Waals surface area contributed by atoms with Crippen LogP contribution in [0.5, 0.6) is 0 Å². The van der Waals surface area contributed by atoms with E-state index in [2.05, 4.69) is 10.0 Å². The van der Waals surface area contributed by atoms with Crippen LogP contribution in [0, 0.1) is 0 Å². The van der Waals surface area contributed by atoms with Crippen LogP contribution < -0.4 is 14.9 Å². The van der Waals surface area contributed by atoms with Crippen LogP contribution in [0.2, 0.25) is 0 Å². The minimum absolute atomic E-state index is 0.0390. The molecular formula is C21H31N3O4S. The fraction of sp³-hybridized carbons (Fsp3) is 0.619. The molecule has 29 heavy (non-hydrogen) atoms. The summed E-state index contributed by atoms with van der Waals surface area (Å²) in [5, 5.41) is 3.03. The van der Waals surface area contributed by atoms with Crippen LogP contribution in [0.15, 0.2) is 23.1 Å². The van der Waals surface area contributed by atoms with Crippen LogP contribution in [-0.2, 0) is 26.0 Å². The lowest BCUT2D eigenvalue weighted by Crippen LogP contribution is -2.36. The van der Waals surface area contributed by atoms with Gasteiger partial charge in [0.1, 0.15) is 0 Å². The van der Waals surface area contributed by atoms with Gasteiger partial charge in [0.15, 0.2) is 0 Å². The lowest BCUT2D eigenvalue weighted by atomic mass is 10.1. The highest BCUT2D eigenvalue weighted by Gasteiger charge is 2.25. The van der Waals surface area contributed by atoms with Gasteiger partial charge in [0.2, 0.25) is 21.8 Å². The average molecular weight is 422 g/mol. The molecule has 0 radical (unpaired) electrons. The first-order chi connectivity index (χ1) is 13.9. The number of nitrogens with zero attached hydrogens (tertiary/aromatic N) is 1. The second-order valence-electron chi connectivity index (χ2n) is 7.84. The minimum atomic E-state index is -3.69. The molecule has 1 aromatic rings. The Hall–Kier alpha value is -1.93. The molecule has 3 rings (SSSR count). The topological polar surface area (TPSA) is 95.6 Å². The Kier molecular flexibility index (Phi) is 7.29. The molecule has 0 saturated heterocycles. The number of amides is 2. The number of nitrogens with one attached hydrogen (secondary N) is 2. The van der Waals surface area contributed by atoms with Crippen LogP contribution in [0.4, 0.5) is 5.69 Å². The summed E-state index contributed by atoms with van der Waals surface area (Å²) in [6.45, 7) is 2.47. The Labute approximate surface area is 173 Å². The molecule has 2 N–H and O–H groups in total. The molecule has 1 aliphatic carbocycles. The van der Waals surface area contributed by atoms with E-state index in [0.717, 1.165) is 36.9 Å². The van der Waals surface area contributed by atoms with Gasteiger partial charge in [0, 0.05) is 37.7 Å². The van der Waals surface area contributed by atoms with Crippen molar-refractivity contribution in [1.82, 2.24) is 10.0 Å². The Bertz CT molecular complexity index is 845. The van der Waals surface area contributed by atoms with Gasteiger partial charge in [-0.1, -0.05) is 32.6 Å². The molecule has 1 aromatic carbocycles. The molecule has 160 valence electrons. The first kappa shape index (κ1) is 21.8. The van der Waals surface area contributed by atoms with Crippen molar-refractivity contribution in [3.05, 3.63) is 23.8 Å². The average Bonchev–Trinajstić information content (AvgIpc) is 2.96. The minimum Gasteiger partial charge on any atom is -0.353 e. The first-order valence-corrected chi connectivity index (χ1v) is 12.1. The third kappa shape index (κ3) is 5.57. The van der Waals surface area contributed by atoms with E-state index < -0.39 is 10.0 Å². The van der Waals surface area contributed by atoms with Crippen molar-refractivity contribution in [2.45, 2.75) is 75.6 Å². The zero-order valence-electron chi connectivity index (χ0n) is 17.1. The molecule has 0 unspecified atom stereocenters. The van der Waals surface area contributed by atoms with Crippen molar-refractivity contribution >= 4 is 27.5 Å². The quantitative estimate of drug-likeness (QED) is 0.661. The maximum absolute atomic E-state index is 12.6. The fourth-order valence-corrected chi connectivity index (χ4v) is 5.18. The summed E-state index contributed by atoms with van der Waals surface area (Å²) < 4.78 is 27.7. The normalized spacial score (nSPS) is 17.6. The molecule has 0 spiro atoms. The standard InChI is InChI=1S/C21H31N3O4S/c1-2-21(26)24-14-12-16-15-18(9-10-19(16)24)29(27,28)22-13-11-20(25)23-17-7-5-3-4-6-8-17/h9-10,15,17,22H,2-8,11-14H2,1H3,(H,23,25). The number of carbonyl (C=O) groups is 2. The van der Waals surface area contributed by atoms with Crippen LogP contribution in [0.1, 0.15) is 63.9 Å². The van der Waals surface area contributed by atoms with E-state index in [4.69, 9.17) is 0 Å². The smallest absolute Gasteiger partial charge is 0.240 e. The van der Waals surface area contributed by atoms with Crippen molar-refractivity contribution in [2.24, 2.45) is 0 Å². The molecule has 1 saturated carbocycles. The molecular weight excluding hydrogens is 390 g/mol. The molecule has 7 nitrogen and oxygen atoms in total. The summed E-state index contributed by atoms with van der Waals surface area (Å²) >= 11 is 0. The van der Waals surface area contributed by atoms with Crippen molar-refractivity contribution in [3.8, 4) is 0 Å². The van der Waals surface area contributed by atoms with E-state index in [9.17, 15) is 18.0 Å². The predicted octanol–water partition coefficient (Wildman–Crippen LogP) is 2.49. The summed E-state index contributed by atoms with van der Waals surface area (Å²) in [7, 11) is -3.69. The molecule has 8 heteroatoms. The van der Waals surface area contributed by atoms with Crippen LogP contribution in [0.25, 0.3) is 0 Å². The molecule has 2 amide bonds. The van der Waals surface area contributed by atoms with E-state index in [0.29, 0.717) is 19.4 Å². The molecule has 1 aliphatic heterocycles. The maximum atomic E-state index is 12.6. The second kappa shape index (κ2) is 9.71. The molecule has 2 aliphatic rings. The highest BCUT2D eigenvalue weighted by molar-refractivity contribution is 7.89. The predicted molar refractivity (Wildman–Crippen MR) is 112 cm³/mol. The zero-order valence-corrected chi connectivity index (χ0v) is 17.9. The second-order valence-corrected chi connectivity index (χ2v) is 9.61. The van der Waals surface area contributed by atoms with Crippen molar-refractivity contribution < 1.29 is 18.0 Å². The zero-order chi connectivity index (χ0) is 20.9. The lowest BCUT2D eigenvalue weighted by Gasteiger charge is -2.17. The van der Waals surface area contributed by atoms with Gasteiger partial charge in [-0.3, -0.25) is 9.59 Å². The van der Waals surface area contributed by atoms with Gasteiger partial charge in [-0.25, -0.2) is 13.1 Å². The Balaban J connectivity index is 1.53. The maximum Gasteiger partial charge on any atom is 0.240 e. The van der Waals surface area contributed by atoms with Crippen molar-refractivity contribution in [2.75, 3.05) is 18.0 Å². The number of anilines is 1. The van der Waals surface area contributed by atoms with Crippen LogP contribution in [0.3, 0.4) is 0 Å². The summed E-state index contributed by atoms with van der Waals surface area (Å²) in [4.78, 5) is 26.0. The number of sulfonamides is 1. The number of carbonyl (C=O) groups excluding carboxylic acids is 2. The van der Waals surface area contributed by atoms with Gasteiger partial charge in [0.25, 0.3) is 0 Å². The Morgan fingerprint density at radius 1 is 1.14 bits per heavy atom. The highest BCUT2D eigenvalue weighted by Crippen LogP contribution is 2.30. The summed E-state index contributed by atoms with van der Waals surface area (Å²) in [5.74, 6) is -0.0700. The van der Waals surface area contributed by atoms with Gasteiger partial charge in [-0.2, -0.15) is 0 Å². The van der Waals surface area contributed by atoms with Crippen molar-refractivity contribution in [1.29, 1.82) is 0 Å². The van der Waals surface area contributed by atoms with E-state index in [1.165, 1.54) is 18.9 Å². The molecule has 0 atom stereocenters. The SMILES string of the molecule is CCC(=O)N1CCc2cc(S(=O)(=O)NCCC(=O)NC3CCCCCC3)ccc21. The van der Waals surface area contributed by atoms with E-state index >= 15 is 0 Å². The van der Waals surface area contributed by atoms with Gasteiger partial charge in [0.05, 0.1) is 4.90 Å². The molecule has 0 aromatic heterocycles. The number of rotatable bonds is 7. The molecule has 1 fully saturated rings. The lowest BCUT2D eigenvalue weighted by molar-refractivity contribution is -0.121. The Morgan fingerprint density at radius 2 is 1.86 bits per heavy atom. The number of benzene rings is 1. The summed E-state index contributed by atoms with van der Waals surface area (Å²) in [5.41, 5.74) is 1.65. The van der Waals surface area contributed by atoms with Gasteiger partial charge >= 0.3 is 0 Å². The van der Waals surface area contributed by atoms with Crippen molar-refractivity contribution in [3.63, 3.8) is 0 Å². The summed E-state index contributed by atoms with van der Waals surface area (Å²) in [6.07, 6.45) is 7.91. The fourth-order valence-electron chi connectivity index (χ4n) is 4.10. The third-order valence-corrected chi connectivity index (χ3v) is 7.18. The number of fused-ring (bicyclic) bond motifs is 1. The molecule has 0 bridgehead atoms. The van der Waals surface area contributed by atoms with Crippen LogP contribution in [-0.4, -0.2) is 39.4 Å². The number of hydrogen-bond donors (Lipinski definition) is 2. The highest BCUT2D eigenvalue weighted by atomic mass is 32.2. The largest absolute Gasteiger partial charge is 0.353 e. The summed E-state index contributed by atoms with van der Waals surface area (Å²) in [6, 6.07) is 5.07. The Morgan fingerprint density at radius 3 is 2.55 bits per heavy atom. The number of hydrogen-bond acceptors (Lipinski definition) is 4. The van der Waals surface area contributed by atoms with E-state index in [1.807, 2.05) is 6.92 Å². The van der Waals surface area contributed by atoms with Gasteiger partial charge in [-0.15, -0.1) is 0 Å². The van der Waals surface area contributed by atoms with Crippen LogP contribution >= 0.6 is 0 Å². The van der Waals surface area contributed by atoms with E-state index in [1.54, 1.807) is 17.0 Å². The first-order valence-electron chi connectivity index (χ1n) is 10.6. The third-order valence-electron chi connectivity index (χ3n) is 5.72. The molecule has 1 heterocycles. The van der Waals surface area contributed by atoms with Gasteiger partial charge < -0.3 is 10.2 Å². The van der Waals surface area contributed by atoms with E-state index in [-0.39, 0.29) is 35.7 Å².